The summed E-state index contributed by atoms with van der Waals surface area (Å²) in [6, 6.07) is 20.5. The van der Waals surface area contributed by atoms with Crippen molar-refractivity contribution in [3.63, 3.8) is 0 Å². The van der Waals surface area contributed by atoms with Crippen LogP contribution in [0.2, 0.25) is 0 Å². The lowest BCUT2D eigenvalue weighted by atomic mass is 9.99. The Hall–Kier alpha value is -4.06. The molecule has 1 aromatic heterocycles. The third-order valence-electron chi connectivity index (χ3n) is 5.15. The molecule has 0 fully saturated rings. The van der Waals surface area contributed by atoms with E-state index in [1.165, 1.54) is 13.2 Å². The zero-order valence-corrected chi connectivity index (χ0v) is 17.8. The molecule has 0 atom stereocenters. The van der Waals surface area contributed by atoms with Crippen LogP contribution < -0.4 is 4.74 Å². The number of ether oxygens (including phenoxy) is 2. The second-order valence-corrected chi connectivity index (χ2v) is 7.50. The maximum absolute atomic E-state index is 11.7. The molecule has 4 aromatic rings. The van der Waals surface area contributed by atoms with E-state index < -0.39 is 5.97 Å². The van der Waals surface area contributed by atoms with E-state index in [0.717, 1.165) is 27.8 Å². The van der Waals surface area contributed by atoms with E-state index in [2.05, 4.69) is 0 Å². The Morgan fingerprint density at radius 2 is 1.81 bits per heavy atom. The molecule has 0 spiro atoms. The number of benzene rings is 3. The number of esters is 1. The zero-order chi connectivity index (χ0) is 22.7. The number of carbonyl (C=O) groups excluding carboxylic acids is 1. The van der Waals surface area contributed by atoms with Gasteiger partial charge >= 0.3 is 11.9 Å². The van der Waals surface area contributed by atoms with Crippen molar-refractivity contribution in [1.29, 1.82) is 0 Å². The van der Waals surface area contributed by atoms with Gasteiger partial charge in [-0.1, -0.05) is 48.0 Å². The number of hydrogen-bond acceptors (Lipinski definition) is 5. The Bertz CT molecular complexity index is 1300. The van der Waals surface area contributed by atoms with E-state index in [1.54, 1.807) is 6.07 Å². The topological polar surface area (TPSA) is 86.0 Å². The van der Waals surface area contributed by atoms with Gasteiger partial charge in [-0.15, -0.1) is 0 Å². The van der Waals surface area contributed by atoms with Gasteiger partial charge in [-0.05, 0) is 42.3 Å². The first kappa shape index (κ1) is 21.2. The first-order chi connectivity index (χ1) is 15.4. The van der Waals surface area contributed by atoms with Crippen LogP contribution in [0.5, 0.6) is 5.75 Å². The van der Waals surface area contributed by atoms with E-state index in [9.17, 15) is 14.7 Å². The minimum atomic E-state index is -1.12. The fraction of sp³-hybridized carbons (Fsp3) is 0.154. The van der Waals surface area contributed by atoms with E-state index in [4.69, 9.17) is 13.9 Å². The normalized spacial score (nSPS) is 10.8. The summed E-state index contributed by atoms with van der Waals surface area (Å²) in [5.74, 6) is -0.987. The molecule has 0 bridgehead atoms. The number of rotatable bonds is 7. The van der Waals surface area contributed by atoms with Crippen molar-refractivity contribution in [2.75, 3.05) is 7.11 Å². The zero-order valence-electron chi connectivity index (χ0n) is 17.8. The van der Waals surface area contributed by atoms with Gasteiger partial charge in [-0.25, -0.2) is 4.79 Å². The highest BCUT2D eigenvalue weighted by molar-refractivity contribution is 5.98. The summed E-state index contributed by atoms with van der Waals surface area (Å²) in [5.41, 5.74) is 4.90. The Morgan fingerprint density at radius 1 is 1.00 bits per heavy atom. The maximum atomic E-state index is 11.7. The SMILES string of the molecule is COC(=O)Cc1ccccc1OCc1cc(-c2cccc(C)c2)c2oc(C(=O)O)cc2c1. The number of aromatic carboxylic acids is 1. The number of methoxy groups -OCH3 is 1. The summed E-state index contributed by atoms with van der Waals surface area (Å²) in [6.45, 7) is 2.23. The van der Waals surface area contributed by atoms with Gasteiger partial charge in [-0.2, -0.15) is 0 Å². The van der Waals surface area contributed by atoms with Crippen LogP contribution in [0.3, 0.4) is 0 Å². The van der Waals surface area contributed by atoms with Crippen LogP contribution in [0.4, 0.5) is 0 Å². The molecule has 6 heteroatoms. The van der Waals surface area contributed by atoms with Crippen molar-refractivity contribution in [3.05, 3.63) is 89.2 Å². The predicted molar refractivity (Wildman–Crippen MR) is 120 cm³/mol. The van der Waals surface area contributed by atoms with Crippen molar-refractivity contribution < 1.29 is 28.6 Å². The lowest BCUT2D eigenvalue weighted by molar-refractivity contribution is -0.139. The Labute approximate surface area is 185 Å². The van der Waals surface area contributed by atoms with Gasteiger partial charge < -0.3 is 19.0 Å². The van der Waals surface area contributed by atoms with E-state index in [-0.39, 0.29) is 24.8 Å². The molecule has 0 amide bonds. The van der Waals surface area contributed by atoms with Crippen molar-refractivity contribution in [1.82, 2.24) is 0 Å². The van der Waals surface area contributed by atoms with Gasteiger partial charge in [-0.3, -0.25) is 4.79 Å². The van der Waals surface area contributed by atoms with Crippen molar-refractivity contribution >= 4 is 22.9 Å². The Kier molecular flexibility index (Phi) is 5.94. The molecule has 32 heavy (non-hydrogen) atoms. The molecule has 0 aliphatic heterocycles. The Morgan fingerprint density at radius 3 is 2.56 bits per heavy atom. The highest BCUT2D eigenvalue weighted by atomic mass is 16.5. The van der Waals surface area contributed by atoms with Crippen LogP contribution in [-0.2, 0) is 22.6 Å². The minimum Gasteiger partial charge on any atom is -0.489 e. The van der Waals surface area contributed by atoms with Crippen LogP contribution in [0.25, 0.3) is 22.1 Å². The van der Waals surface area contributed by atoms with E-state index in [1.807, 2.05) is 61.5 Å². The maximum Gasteiger partial charge on any atom is 0.371 e. The first-order valence-corrected chi connectivity index (χ1v) is 10.1. The molecule has 1 N–H and O–H groups in total. The van der Waals surface area contributed by atoms with Crippen LogP contribution >= 0.6 is 0 Å². The standard InChI is InChI=1S/C26H22O6/c1-16-6-5-8-18(10-16)21-12-17(11-20-13-23(26(28)29)32-25(20)21)15-31-22-9-4-3-7-19(22)14-24(27)30-2/h3-13H,14-15H2,1-2H3,(H,28,29). The summed E-state index contributed by atoms with van der Waals surface area (Å²) < 4.78 is 16.5. The fourth-order valence-electron chi connectivity index (χ4n) is 3.61. The van der Waals surface area contributed by atoms with Crippen LogP contribution in [0.1, 0.15) is 27.2 Å². The molecule has 0 saturated heterocycles. The van der Waals surface area contributed by atoms with Gasteiger partial charge in [0, 0.05) is 16.5 Å². The molecule has 3 aromatic carbocycles. The molecule has 0 radical (unpaired) electrons. The molecular weight excluding hydrogens is 408 g/mol. The molecular formula is C26H22O6. The van der Waals surface area contributed by atoms with Gasteiger partial charge in [0.25, 0.3) is 0 Å². The number of aryl methyl sites for hydroxylation is 1. The molecule has 1 heterocycles. The lowest BCUT2D eigenvalue weighted by Crippen LogP contribution is -2.06. The summed E-state index contributed by atoms with van der Waals surface area (Å²) in [5, 5.41) is 10.1. The second-order valence-electron chi connectivity index (χ2n) is 7.50. The molecule has 4 rings (SSSR count). The summed E-state index contributed by atoms with van der Waals surface area (Å²) >= 11 is 0. The first-order valence-electron chi connectivity index (χ1n) is 10.1. The molecule has 0 aliphatic rings. The summed E-state index contributed by atoms with van der Waals surface area (Å²) in [6.07, 6.45) is 0.115. The van der Waals surface area contributed by atoms with Crippen molar-refractivity contribution in [2.45, 2.75) is 20.0 Å². The highest BCUT2D eigenvalue weighted by Crippen LogP contribution is 2.33. The molecule has 6 nitrogen and oxygen atoms in total. The number of fused-ring (bicyclic) bond motifs is 1. The van der Waals surface area contributed by atoms with E-state index in [0.29, 0.717) is 16.7 Å². The van der Waals surface area contributed by atoms with Gasteiger partial charge in [0.2, 0.25) is 5.76 Å². The second kappa shape index (κ2) is 8.98. The number of carboxylic acids is 1. The Balaban J connectivity index is 1.71. The van der Waals surface area contributed by atoms with Crippen LogP contribution in [0.15, 0.2) is 71.1 Å². The summed E-state index contributed by atoms with van der Waals surface area (Å²) in [4.78, 5) is 23.2. The predicted octanol–water partition coefficient (Wildman–Crippen LogP) is 5.40. The average Bonchev–Trinajstić information content (AvgIpc) is 3.22. The van der Waals surface area contributed by atoms with Gasteiger partial charge in [0.15, 0.2) is 0 Å². The fourth-order valence-corrected chi connectivity index (χ4v) is 3.61. The minimum absolute atomic E-state index is 0.115. The van der Waals surface area contributed by atoms with Crippen molar-refractivity contribution in [3.8, 4) is 16.9 Å². The quantitative estimate of drug-likeness (QED) is 0.395. The third-order valence-corrected chi connectivity index (χ3v) is 5.15. The largest absolute Gasteiger partial charge is 0.489 e. The van der Waals surface area contributed by atoms with Crippen molar-refractivity contribution in [2.24, 2.45) is 0 Å². The molecule has 0 unspecified atom stereocenters. The monoisotopic (exact) mass is 430 g/mol. The third kappa shape index (κ3) is 4.49. The molecule has 0 aliphatic carbocycles. The number of hydrogen-bond donors (Lipinski definition) is 1. The number of carbonyl (C=O) groups is 2. The van der Waals surface area contributed by atoms with Crippen LogP contribution in [-0.4, -0.2) is 24.2 Å². The number of furan rings is 1. The van der Waals surface area contributed by atoms with Gasteiger partial charge in [0.05, 0.1) is 13.5 Å². The molecule has 162 valence electrons. The van der Waals surface area contributed by atoms with Crippen LogP contribution in [0, 0.1) is 6.92 Å². The average molecular weight is 430 g/mol. The lowest BCUT2D eigenvalue weighted by Gasteiger charge is -2.12. The smallest absolute Gasteiger partial charge is 0.371 e. The molecule has 0 saturated carbocycles. The van der Waals surface area contributed by atoms with E-state index >= 15 is 0 Å². The number of carboxylic acid groups (broad SMARTS) is 1. The summed E-state index contributed by atoms with van der Waals surface area (Å²) in [7, 11) is 1.35. The van der Waals surface area contributed by atoms with Gasteiger partial charge in [0.1, 0.15) is 17.9 Å². The highest BCUT2D eigenvalue weighted by Gasteiger charge is 2.17. The number of para-hydroxylation sites is 1.